The van der Waals surface area contributed by atoms with Gasteiger partial charge in [0, 0.05) is 48.5 Å². The lowest BCUT2D eigenvalue weighted by molar-refractivity contribution is -0.136. The molecule has 1 aliphatic heterocycles. The number of nitrogens with zero attached hydrogens (tertiary/aromatic N) is 2. The number of pyridine rings is 1. The van der Waals surface area contributed by atoms with Crippen LogP contribution in [0.3, 0.4) is 0 Å². The molecule has 1 aromatic heterocycles. The molecule has 3 aromatic carbocycles. The molecule has 2 N–H and O–H groups in total. The number of rotatable bonds is 6. The van der Waals surface area contributed by atoms with Crippen molar-refractivity contribution in [2.45, 2.75) is 13.3 Å². The Kier molecular flexibility index (Phi) is 6.81. The summed E-state index contributed by atoms with van der Waals surface area (Å²) in [7, 11) is 0. The number of carboxylic acids is 1. The van der Waals surface area contributed by atoms with Crippen LogP contribution in [0.15, 0.2) is 71.5 Å². The van der Waals surface area contributed by atoms with E-state index in [0.29, 0.717) is 27.2 Å². The number of carbonyl (C=O) groups is 1. The molecule has 0 spiro atoms. The number of piperazine rings is 1. The summed E-state index contributed by atoms with van der Waals surface area (Å²) in [5.74, 6) is -0.909. The van der Waals surface area contributed by atoms with Crippen molar-refractivity contribution in [3.8, 4) is 22.3 Å². The first-order chi connectivity index (χ1) is 17.4. The Labute approximate surface area is 214 Å². The van der Waals surface area contributed by atoms with E-state index in [2.05, 4.69) is 46.0 Å². The lowest BCUT2D eigenvalue weighted by atomic mass is 9.99. The second-order valence-electron chi connectivity index (χ2n) is 9.17. The highest BCUT2D eigenvalue weighted by Crippen LogP contribution is 2.33. The molecule has 0 aliphatic carbocycles. The van der Waals surface area contributed by atoms with Gasteiger partial charge in [0.2, 0.25) is 0 Å². The first-order valence-electron chi connectivity index (χ1n) is 12.2. The Morgan fingerprint density at radius 3 is 2.36 bits per heavy atom. The maximum absolute atomic E-state index is 12.8. The van der Waals surface area contributed by atoms with Gasteiger partial charge in [-0.1, -0.05) is 54.9 Å². The monoisotopic (exact) mass is 501 g/mol. The number of hydrogen-bond donors (Lipinski definition) is 2. The highest BCUT2D eigenvalue weighted by atomic mass is 35.5. The van der Waals surface area contributed by atoms with Crippen molar-refractivity contribution >= 4 is 34.2 Å². The number of hydrogen-bond acceptors (Lipinski definition) is 4. The predicted octanol–water partition coefficient (Wildman–Crippen LogP) is 5.28. The van der Waals surface area contributed by atoms with Crippen molar-refractivity contribution in [3.05, 3.63) is 87.7 Å². The number of likely N-dealkylation sites (N-methyl/N-ethyl adjacent to an activating group) is 1. The number of aromatic nitrogens is 1. The fraction of sp³-hybridized carbons (Fsp3) is 0.241. The summed E-state index contributed by atoms with van der Waals surface area (Å²) in [6.07, 6.45) is -0.0939. The summed E-state index contributed by atoms with van der Waals surface area (Å²) in [6.45, 7) is 7.49. The maximum Gasteiger partial charge on any atom is 0.307 e. The van der Waals surface area contributed by atoms with E-state index in [0.717, 1.165) is 49.2 Å². The Balaban J connectivity index is 1.47. The molecule has 2 heterocycles. The number of nitrogens with one attached hydrogen (secondary N) is 1. The summed E-state index contributed by atoms with van der Waals surface area (Å²) < 4.78 is 0. The van der Waals surface area contributed by atoms with Gasteiger partial charge in [-0.05, 0) is 59.0 Å². The number of carboxylic acid groups (broad SMARTS) is 1. The number of benzene rings is 3. The largest absolute Gasteiger partial charge is 0.481 e. The average Bonchev–Trinajstić information content (AvgIpc) is 2.88. The lowest BCUT2D eigenvalue weighted by Gasteiger charge is -2.35. The second kappa shape index (κ2) is 10.2. The van der Waals surface area contributed by atoms with Crippen molar-refractivity contribution in [3.63, 3.8) is 0 Å². The summed E-state index contributed by atoms with van der Waals surface area (Å²) in [6, 6.07) is 21.2. The van der Waals surface area contributed by atoms with E-state index in [1.165, 1.54) is 5.69 Å². The fourth-order valence-electron chi connectivity index (χ4n) is 4.86. The Morgan fingerprint density at radius 1 is 0.944 bits per heavy atom. The second-order valence-corrected chi connectivity index (χ2v) is 9.58. The van der Waals surface area contributed by atoms with Crippen molar-refractivity contribution < 1.29 is 9.90 Å². The molecule has 1 saturated heterocycles. The van der Waals surface area contributed by atoms with Crippen molar-refractivity contribution in [2.24, 2.45) is 0 Å². The molecule has 6 nitrogen and oxygen atoms in total. The van der Waals surface area contributed by atoms with Gasteiger partial charge in [0.05, 0.1) is 11.4 Å². The zero-order valence-electron chi connectivity index (χ0n) is 20.1. The highest BCUT2D eigenvalue weighted by Gasteiger charge is 2.16. The van der Waals surface area contributed by atoms with Crippen LogP contribution in [0, 0.1) is 0 Å². The van der Waals surface area contributed by atoms with Crippen LogP contribution in [-0.4, -0.2) is 53.7 Å². The zero-order chi connectivity index (χ0) is 25.2. The van der Waals surface area contributed by atoms with Gasteiger partial charge in [0.1, 0.15) is 0 Å². The minimum Gasteiger partial charge on any atom is -0.481 e. The third-order valence-corrected chi connectivity index (χ3v) is 7.20. The smallest absolute Gasteiger partial charge is 0.307 e. The van der Waals surface area contributed by atoms with Crippen LogP contribution in [0.2, 0.25) is 5.02 Å². The number of aromatic amines is 1. The highest BCUT2D eigenvalue weighted by molar-refractivity contribution is 6.34. The molecule has 36 heavy (non-hydrogen) atoms. The quantitative estimate of drug-likeness (QED) is 0.375. The SMILES string of the molecule is CCN1CCN(c2ccc(-c3cc4cc(-c5cccc(CC(=O)O)c5)c(=O)[nH]c4cc3Cl)cc2)CC1. The predicted molar refractivity (Wildman–Crippen MR) is 146 cm³/mol. The Bertz CT molecular complexity index is 1470. The number of H-pyrrole nitrogens is 1. The molecule has 4 aromatic rings. The molecule has 1 aliphatic rings. The standard InChI is InChI=1S/C29H28ClN3O3/c1-2-32-10-12-33(13-11-32)23-8-6-20(7-9-23)24-16-22-17-25(29(36)31-27(22)18-26(24)30)21-5-3-4-19(14-21)15-28(34)35/h3-9,14,16-18H,2,10-13,15H2,1H3,(H,31,36)(H,34,35). The minimum absolute atomic E-state index is 0.0939. The number of halogens is 1. The Hall–Kier alpha value is -3.61. The molecular formula is C29H28ClN3O3. The Morgan fingerprint density at radius 2 is 1.67 bits per heavy atom. The van der Waals surface area contributed by atoms with Gasteiger partial charge < -0.3 is 19.9 Å². The van der Waals surface area contributed by atoms with Crippen molar-refractivity contribution in [2.75, 3.05) is 37.6 Å². The van der Waals surface area contributed by atoms with Crippen LogP contribution in [0.4, 0.5) is 5.69 Å². The number of fused-ring (bicyclic) bond motifs is 1. The molecule has 0 atom stereocenters. The summed E-state index contributed by atoms with van der Waals surface area (Å²) in [4.78, 5) is 31.8. The van der Waals surface area contributed by atoms with Crippen LogP contribution in [0.25, 0.3) is 33.2 Å². The molecule has 0 unspecified atom stereocenters. The van der Waals surface area contributed by atoms with Crippen LogP contribution >= 0.6 is 11.6 Å². The van der Waals surface area contributed by atoms with E-state index >= 15 is 0 Å². The molecule has 0 radical (unpaired) electrons. The van der Waals surface area contributed by atoms with Crippen LogP contribution in [0.5, 0.6) is 0 Å². The van der Waals surface area contributed by atoms with Gasteiger partial charge in [-0.25, -0.2) is 0 Å². The third kappa shape index (κ3) is 5.01. The van der Waals surface area contributed by atoms with Gasteiger partial charge in [0.25, 0.3) is 5.56 Å². The normalized spacial score (nSPS) is 14.3. The first-order valence-corrected chi connectivity index (χ1v) is 12.5. The summed E-state index contributed by atoms with van der Waals surface area (Å²) in [5.41, 5.74) is 5.34. The molecule has 184 valence electrons. The molecule has 0 saturated carbocycles. The van der Waals surface area contributed by atoms with Crippen LogP contribution in [-0.2, 0) is 11.2 Å². The van der Waals surface area contributed by atoms with Crippen molar-refractivity contribution in [1.29, 1.82) is 0 Å². The number of anilines is 1. The molecule has 1 fully saturated rings. The van der Waals surface area contributed by atoms with Crippen LogP contribution < -0.4 is 10.5 Å². The summed E-state index contributed by atoms with van der Waals surface area (Å²) >= 11 is 6.64. The van der Waals surface area contributed by atoms with Gasteiger partial charge >= 0.3 is 5.97 Å². The van der Waals surface area contributed by atoms with Crippen LogP contribution in [0.1, 0.15) is 12.5 Å². The van der Waals surface area contributed by atoms with Crippen molar-refractivity contribution in [1.82, 2.24) is 9.88 Å². The molecule has 7 heteroatoms. The molecular weight excluding hydrogens is 474 g/mol. The topological polar surface area (TPSA) is 76.6 Å². The minimum atomic E-state index is -0.909. The number of aliphatic carboxylic acids is 1. The zero-order valence-corrected chi connectivity index (χ0v) is 20.9. The molecule has 0 amide bonds. The van der Waals surface area contributed by atoms with Gasteiger partial charge in [-0.15, -0.1) is 0 Å². The summed E-state index contributed by atoms with van der Waals surface area (Å²) in [5, 5.41) is 10.5. The maximum atomic E-state index is 12.8. The van der Waals surface area contributed by atoms with Gasteiger partial charge in [-0.3, -0.25) is 9.59 Å². The fourth-order valence-corrected chi connectivity index (χ4v) is 5.13. The molecule has 5 rings (SSSR count). The van der Waals surface area contributed by atoms with E-state index in [-0.39, 0.29) is 12.0 Å². The van der Waals surface area contributed by atoms with E-state index < -0.39 is 5.97 Å². The van der Waals surface area contributed by atoms with E-state index in [1.807, 2.05) is 18.2 Å². The lowest BCUT2D eigenvalue weighted by Crippen LogP contribution is -2.46. The molecule has 0 bridgehead atoms. The van der Waals surface area contributed by atoms with E-state index in [9.17, 15) is 9.59 Å². The van der Waals surface area contributed by atoms with Gasteiger partial charge in [-0.2, -0.15) is 0 Å². The average molecular weight is 502 g/mol. The van der Waals surface area contributed by atoms with E-state index in [4.69, 9.17) is 16.7 Å². The van der Waals surface area contributed by atoms with E-state index in [1.54, 1.807) is 24.3 Å². The first kappa shape index (κ1) is 24.1. The van der Waals surface area contributed by atoms with Gasteiger partial charge in [0.15, 0.2) is 0 Å². The third-order valence-electron chi connectivity index (χ3n) is 6.89.